The predicted molar refractivity (Wildman–Crippen MR) is 216 cm³/mol. The summed E-state index contributed by atoms with van der Waals surface area (Å²) >= 11 is 1.47. The van der Waals surface area contributed by atoms with Crippen LogP contribution in [0.2, 0.25) is 0 Å². The van der Waals surface area contributed by atoms with E-state index in [0.717, 1.165) is 0 Å². The SMILES string of the molecule is CN=CC(CC(NC(=O)C(CCC(=O)O)NC(=O)C(N)CCSC)C(=O)NC(Cc1ccccc1)C(=O)N1CCCC1C(=O)NCC(=O)N1CCCC1C(=O)O)=NC. The number of hydrogen-bond donors (Lipinski definition) is 7. The van der Waals surface area contributed by atoms with E-state index < -0.39 is 96.6 Å². The summed E-state index contributed by atoms with van der Waals surface area (Å²) in [4.78, 5) is 115. The van der Waals surface area contributed by atoms with Crippen LogP contribution in [-0.2, 0) is 44.8 Å². The third kappa shape index (κ3) is 14.2. The van der Waals surface area contributed by atoms with Crippen molar-refractivity contribution in [3.63, 3.8) is 0 Å². The molecule has 6 atom stereocenters. The van der Waals surface area contributed by atoms with Crippen molar-refractivity contribution >= 4 is 71.1 Å². The van der Waals surface area contributed by atoms with Crippen LogP contribution in [0, 0.1) is 0 Å². The summed E-state index contributed by atoms with van der Waals surface area (Å²) in [7, 11) is 2.95. The fraction of sp³-hybridized carbons (Fsp3) is 0.579. The summed E-state index contributed by atoms with van der Waals surface area (Å²) in [5.74, 6) is -5.86. The zero-order valence-corrected chi connectivity index (χ0v) is 33.9. The monoisotopic (exact) mass is 829 g/mol. The lowest BCUT2D eigenvalue weighted by molar-refractivity contribution is -0.148. The molecule has 20 heteroatoms. The molecule has 0 aliphatic carbocycles. The largest absolute Gasteiger partial charge is 0.481 e. The Morgan fingerprint density at radius 1 is 0.862 bits per heavy atom. The smallest absolute Gasteiger partial charge is 0.326 e. The number of nitrogens with zero attached hydrogens (tertiary/aromatic N) is 4. The van der Waals surface area contributed by atoms with E-state index in [4.69, 9.17) is 5.73 Å². The first kappa shape index (κ1) is 47.0. The number of hydrogen-bond acceptors (Lipinski definition) is 12. The van der Waals surface area contributed by atoms with Gasteiger partial charge in [0.25, 0.3) is 0 Å². The summed E-state index contributed by atoms with van der Waals surface area (Å²) in [5, 5.41) is 29.3. The molecule has 2 aliphatic heterocycles. The maximum atomic E-state index is 14.4. The Kier molecular flexibility index (Phi) is 19.3. The molecule has 3 rings (SSSR count). The van der Waals surface area contributed by atoms with Crippen molar-refractivity contribution in [1.82, 2.24) is 31.1 Å². The minimum atomic E-state index is -1.39. The maximum absolute atomic E-state index is 14.4. The topological polar surface area (TPSA) is 282 Å². The second-order valence-corrected chi connectivity index (χ2v) is 15.0. The molecule has 0 radical (unpaired) electrons. The molecule has 2 fully saturated rings. The summed E-state index contributed by atoms with van der Waals surface area (Å²) < 4.78 is 0. The average Bonchev–Trinajstić information content (AvgIpc) is 3.91. The molecule has 8 N–H and O–H groups in total. The van der Waals surface area contributed by atoms with Crippen molar-refractivity contribution in [1.29, 1.82) is 0 Å². The number of benzene rings is 1. The van der Waals surface area contributed by atoms with Gasteiger partial charge in [-0.15, -0.1) is 0 Å². The molecule has 0 bridgehead atoms. The number of amides is 6. The molecule has 2 saturated heterocycles. The van der Waals surface area contributed by atoms with Crippen LogP contribution >= 0.6 is 11.8 Å². The molecule has 1 aromatic rings. The minimum absolute atomic E-state index is 0.00267. The van der Waals surface area contributed by atoms with E-state index in [1.54, 1.807) is 30.3 Å². The Morgan fingerprint density at radius 2 is 1.48 bits per heavy atom. The number of thioether (sulfide) groups is 1. The van der Waals surface area contributed by atoms with Crippen LogP contribution in [0.3, 0.4) is 0 Å². The van der Waals surface area contributed by atoms with Gasteiger partial charge in [0, 0.05) is 52.7 Å². The number of carbonyl (C=O) groups is 8. The molecular weight excluding hydrogens is 775 g/mol. The second-order valence-electron chi connectivity index (χ2n) is 14.0. The first-order valence-electron chi connectivity index (χ1n) is 19.1. The zero-order valence-electron chi connectivity index (χ0n) is 33.1. The fourth-order valence-corrected chi connectivity index (χ4v) is 7.25. The number of carbonyl (C=O) groups excluding carboxylic acids is 6. The summed E-state index contributed by atoms with van der Waals surface area (Å²) in [6, 6.07) is 1.87. The van der Waals surface area contributed by atoms with Crippen molar-refractivity contribution in [2.45, 2.75) is 94.0 Å². The van der Waals surface area contributed by atoms with Gasteiger partial charge in [-0.25, -0.2) is 4.79 Å². The highest BCUT2D eigenvalue weighted by Gasteiger charge is 2.40. The van der Waals surface area contributed by atoms with Crippen LogP contribution < -0.4 is 27.0 Å². The van der Waals surface area contributed by atoms with E-state index in [1.807, 2.05) is 6.26 Å². The first-order chi connectivity index (χ1) is 27.7. The van der Waals surface area contributed by atoms with Gasteiger partial charge in [-0.05, 0) is 56.1 Å². The highest BCUT2D eigenvalue weighted by Crippen LogP contribution is 2.21. The molecule has 6 unspecified atom stereocenters. The number of aliphatic carboxylic acids is 2. The lowest BCUT2D eigenvalue weighted by atomic mass is 10.0. The third-order valence-electron chi connectivity index (χ3n) is 9.87. The molecule has 0 saturated carbocycles. The highest BCUT2D eigenvalue weighted by atomic mass is 32.2. The van der Waals surface area contributed by atoms with E-state index in [-0.39, 0.29) is 38.8 Å². The number of likely N-dealkylation sites (tertiary alicyclic amines) is 2. The van der Waals surface area contributed by atoms with Gasteiger partial charge >= 0.3 is 11.9 Å². The van der Waals surface area contributed by atoms with Gasteiger partial charge in [0.15, 0.2) is 0 Å². The Hall–Kier alpha value is -5.37. The molecule has 19 nitrogen and oxygen atoms in total. The van der Waals surface area contributed by atoms with Crippen molar-refractivity contribution in [2.24, 2.45) is 15.7 Å². The molecular formula is C38H55N9O10S. The van der Waals surface area contributed by atoms with Gasteiger partial charge in [-0.1, -0.05) is 30.3 Å². The Bertz CT molecular complexity index is 1690. The Morgan fingerprint density at radius 3 is 2.10 bits per heavy atom. The quantitative estimate of drug-likeness (QED) is 0.0692. The summed E-state index contributed by atoms with van der Waals surface area (Å²) in [6.45, 7) is -0.0290. The van der Waals surface area contributed by atoms with Gasteiger partial charge in [-0.2, -0.15) is 11.8 Å². The third-order valence-corrected chi connectivity index (χ3v) is 10.5. The van der Waals surface area contributed by atoms with Gasteiger partial charge in [0.2, 0.25) is 35.4 Å². The standard InChI is InChI=1S/C38H55N9O10S/c1-40-21-24(41-2)20-27(44-34(52)26(13-14-32(49)50)43-33(51)25(39)15-18-58-3)35(53)45-28(19-23-9-5-4-6-10-23)37(55)47-17-7-11-29(47)36(54)42-22-31(48)46-16-8-12-30(46)38(56)57/h4-6,9-10,21,25-30H,7-8,11-20,22,39H2,1-3H3,(H,42,54)(H,43,51)(H,44,52)(H,45,53)(H,49,50)(H,56,57). The molecule has 2 heterocycles. The normalized spacial score (nSPS) is 18.9. The lowest BCUT2D eigenvalue weighted by Crippen LogP contribution is -2.59. The number of aliphatic imine (C=N–C) groups is 2. The van der Waals surface area contributed by atoms with E-state index in [1.165, 1.54) is 41.9 Å². The molecule has 6 amide bonds. The van der Waals surface area contributed by atoms with E-state index in [9.17, 15) is 48.6 Å². The van der Waals surface area contributed by atoms with Gasteiger partial charge in [0.05, 0.1) is 18.3 Å². The Labute approximate surface area is 341 Å². The second kappa shape index (κ2) is 23.8. The molecule has 318 valence electrons. The number of carboxylic acids is 2. The molecule has 2 aliphatic rings. The van der Waals surface area contributed by atoms with E-state index in [0.29, 0.717) is 42.7 Å². The van der Waals surface area contributed by atoms with E-state index in [2.05, 4.69) is 31.3 Å². The van der Waals surface area contributed by atoms with Crippen LogP contribution in [-0.4, -0.2) is 161 Å². The van der Waals surface area contributed by atoms with Crippen LogP contribution in [0.5, 0.6) is 0 Å². The molecule has 0 spiro atoms. The first-order valence-corrected chi connectivity index (χ1v) is 20.5. The van der Waals surface area contributed by atoms with Crippen molar-refractivity contribution in [3.05, 3.63) is 35.9 Å². The number of nitrogens with one attached hydrogen (secondary N) is 4. The average molecular weight is 830 g/mol. The minimum Gasteiger partial charge on any atom is -0.481 e. The number of carboxylic acid groups (broad SMARTS) is 2. The van der Waals surface area contributed by atoms with Crippen molar-refractivity contribution in [2.75, 3.05) is 45.7 Å². The number of nitrogens with two attached hydrogens (primary N) is 1. The highest BCUT2D eigenvalue weighted by molar-refractivity contribution is 7.98. The van der Waals surface area contributed by atoms with Crippen LogP contribution in [0.4, 0.5) is 0 Å². The Balaban J connectivity index is 1.86. The van der Waals surface area contributed by atoms with E-state index >= 15 is 0 Å². The zero-order chi connectivity index (χ0) is 42.8. The van der Waals surface area contributed by atoms with Crippen molar-refractivity contribution < 1.29 is 48.6 Å². The van der Waals surface area contributed by atoms with Crippen LogP contribution in [0.15, 0.2) is 40.3 Å². The molecule has 58 heavy (non-hydrogen) atoms. The van der Waals surface area contributed by atoms with Gasteiger partial charge < -0.3 is 47.0 Å². The summed E-state index contributed by atoms with van der Waals surface area (Å²) in [6.07, 6.45) is 4.10. The van der Waals surface area contributed by atoms with Gasteiger partial charge in [-0.3, -0.25) is 43.5 Å². The molecule has 0 aromatic heterocycles. The predicted octanol–water partition coefficient (Wildman–Crippen LogP) is -1.03. The van der Waals surface area contributed by atoms with Gasteiger partial charge in [0.1, 0.15) is 30.2 Å². The fourth-order valence-electron chi connectivity index (χ4n) is 6.76. The lowest BCUT2D eigenvalue weighted by Gasteiger charge is -2.30. The maximum Gasteiger partial charge on any atom is 0.326 e. The van der Waals surface area contributed by atoms with Crippen LogP contribution in [0.25, 0.3) is 0 Å². The van der Waals surface area contributed by atoms with Crippen LogP contribution in [0.1, 0.15) is 56.9 Å². The summed E-state index contributed by atoms with van der Waals surface area (Å²) in [5.41, 5.74) is 6.98. The van der Waals surface area contributed by atoms with Crippen molar-refractivity contribution in [3.8, 4) is 0 Å². The number of rotatable bonds is 22. The molecule has 1 aromatic carbocycles.